The average molecular weight is 455 g/mol. The van der Waals surface area contributed by atoms with Crippen molar-refractivity contribution in [3.05, 3.63) is 36.0 Å². The van der Waals surface area contributed by atoms with Gasteiger partial charge in [-0.1, -0.05) is 24.8 Å². The van der Waals surface area contributed by atoms with Crippen LogP contribution in [0.25, 0.3) is 10.9 Å². The van der Waals surface area contributed by atoms with Crippen LogP contribution >= 0.6 is 11.8 Å². The number of piperazine rings is 1. The molecule has 1 saturated carbocycles. The summed E-state index contributed by atoms with van der Waals surface area (Å²) in [5, 5.41) is 2.74. The number of thioether (sulfide) groups is 1. The smallest absolute Gasteiger partial charge is 0.154 e. The molecule has 32 heavy (non-hydrogen) atoms. The zero-order valence-electron chi connectivity index (χ0n) is 19.4. The Kier molecular flexibility index (Phi) is 7.07. The number of hydrogen-bond donors (Lipinski definition) is 2. The Hall–Kier alpha value is -1.54. The molecular formula is C25H38N6S. The van der Waals surface area contributed by atoms with Crippen LogP contribution in [0.2, 0.25) is 0 Å². The highest BCUT2D eigenvalue weighted by atomic mass is 32.2. The number of aliphatic imine (C=N–C) groups is 1. The lowest BCUT2D eigenvalue weighted by Crippen LogP contribution is -2.50. The summed E-state index contributed by atoms with van der Waals surface area (Å²) in [6, 6.07) is 10.2. The number of H-pyrrole nitrogens is 1. The number of amidine groups is 1. The molecule has 0 bridgehead atoms. The summed E-state index contributed by atoms with van der Waals surface area (Å²) in [7, 11) is 0. The molecule has 3 aliphatic rings. The van der Waals surface area contributed by atoms with Gasteiger partial charge in [0, 0.05) is 68.8 Å². The third kappa shape index (κ3) is 5.16. The van der Waals surface area contributed by atoms with Crippen molar-refractivity contribution in [1.29, 1.82) is 0 Å². The second kappa shape index (κ2) is 10.2. The molecule has 1 aromatic heterocycles. The lowest BCUT2D eigenvalue weighted by atomic mass is 9.90. The van der Waals surface area contributed by atoms with Crippen LogP contribution in [0, 0.1) is 0 Å². The maximum absolute atomic E-state index is 6.00. The Morgan fingerprint density at radius 2 is 1.97 bits per heavy atom. The molecule has 6 nitrogen and oxygen atoms in total. The van der Waals surface area contributed by atoms with Crippen LogP contribution in [-0.2, 0) is 6.54 Å². The standard InChI is InChI=1S/C25H38N6S/c1-2-9-31(21-4-6-23-24(17-21)32-25(26)28-23)15-14-29-10-12-30(13-11-29)18-19-3-5-22-20(16-19)7-8-27-22/h3,5,7-8,16,21,23-24,27H,2,4,6,9-15,17-18H2,1H3,(H2,26,28). The molecule has 3 unspecified atom stereocenters. The van der Waals surface area contributed by atoms with Crippen LogP contribution < -0.4 is 5.73 Å². The summed E-state index contributed by atoms with van der Waals surface area (Å²) in [4.78, 5) is 16.0. The van der Waals surface area contributed by atoms with Crippen molar-refractivity contribution < 1.29 is 0 Å². The molecule has 3 atom stereocenters. The topological polar surface area (TPSA) is 63.9 Å². The first-order valence-electron chi connectivity index (χ1n) is 12.4. The van der Waals surface area contributed by atoms with E-state index in [4.69, 9.17) is 5.73 Å². The molecular weight excluding hydrogens is 416 g/mol. The van der Waals surface area contributed by atoms with Crippen molar-refractivity contribution in [3.8, 4) is 0 Å². The summed E-state index contributed by atoms with van der Waals surface area (Å²) in [5.74, 6) is 0. The lowest BCUT2D eigenvalue weighted by Gasteiger charge is -2.40. The Bertz CT molecular complexity index is 918. The van der Waals surface area contributed by atoms with E-state index in [0.717, 1.165) is 11.7 Å². The number of hydrogen-bond acceptors (Lipinski definition) is 6. The number of aromatic amines is 1. The van der Waals surface area contributed by atoms with E-state index in [1.54, 1.807) is 0 Å². The van der Waals surface area contributed by atoms with Gasteiger partial charge in [0.15, 0.2) is 5.17 Å². The van der Waals surface area contributed by atoms with Gasteiger partial charge in [0.05, 0.1) is 6.04 Å². The Morgan fingerprint density at radius 3 is 2.81 bits per heavy atom. The van der Waals surface area contributed by atoms with Crippen LogP contribution in [0.3, 0.4) is 0 Å². The first kappa shape index (κ1) is 22.3. The molecule has 3 heterocycles. The van der Waals surface area contributed by atoms with Crippen molar-refractivity contribution in [2.45, 2.75) is 56.5 Å². The molecule has 174 valence electrons. The number of rotatable bonds is 8. The minimum absolute atomic E-state index is 0.478. The van der Waals surface area contributed by atoms with Gasteiger partial charge in [0.25, 0.3) is 0 Å². The van der Waals surface area contributed by atoms with Crippen LogP contribution in [0.1, 0.15) is 38.2 Å². The Morgan fingerprint density at radius 1 is 1.12 bits per heavy atom. The van der Waals surface area contributed by atoms with E-state index >= 15 is 0 Å². The molecule has 1 saturated heterocycles. The van der Waals surface area contributed by atoms with Gasteiger partial charge in [0.2, 0.25) is 0 Å². The second-order valence-electron chi connectivity index (χ2n) is 9.71. The average Bonchev–Trinajstić information content (AvgIpc) is 3.42. The number of benzene rings is 1. The van der Waals surface area contributed by atoms with Crippen LogP contribution in [-0.4, -0.2) is 88.0 Å². The normalized spacial score (nSPS) is 27.2. The van der Waals surface area contributed by atoms with E-state index in [1.807, 2.05) is 18.0 Å². The predicted molar refractivity (Wildman–Crippen MR) is 136 cm³/mol. The van der Waals surface area contributed by atoms with Gasteiger partial charge in [-0.05, 0) is 61.4 Å². The third-order valence-electron chi connectivity index (χ3n) is 7.51. The largest absolute Gasteiger partial charge is 0.379 e. The number of fused-ring (bicyclic) bond motifs is 2. The molecule has 2 aromatic rings. The minimum Gasteiger partial charge on any atom is -0.379 e. The number of aromatic nitrogens is 1. The summed E-state index contributed by atoms with van der Waals surface area (Å²) in [6.07, 6.45) is 6.99. The Labute approximate surface area is 196 Å². The molecule has 0 radical (unpaired) electrons. The van der Waals surface area contributed by atoms with Gasteiger partial charge in [-0.25, -0.2) is 0 Å². The summed E-state index contributed by atoms with van der Waals surface area (Å²) in [5.41, 5.74) is 8.65. The molecule has 7 heteroatoms. The van der Waals surface area contributed by atoms with E-state index in [1.165, 1.54) is 88.0 Å². The number of nitrogens with one attached hydrogen (secondary N) is 1. The van der Waals surface area contributed by atoms with E-state index in [2.05, 4.69) is 55.9 Å². The molecule has 1 aromatic carbocycles. The maximum Gasteiger partial charge on any atom is 0.154 e. The zero-order chi connectivity index (χ0) is 21.9. The van der Waals surface area contributed by atoms with Gasteiger partial charge >= 0.3 is 0 Å². The minimum atomic E-state index is 0.478. The molecule has 0 spiro atoms. The van der Waals surface area contributed by atoms with Crippen molar-refractivity contribution in [2.24, 2.45) is 10.7 Å². The predicted octanol–water partition coefficient (Wildman–Crippen LogP) is 3.35. The number of nitrogens with zero attached hydrogens (tertiary/aromatic N) is 4. The van der Waals surface area contributed by atoms with Gasteiger partial charge in [-0.15, -0.1) is 0 Å². The van der Waals surface area contributed by atoms with Crippen LogP contribution in [0.5, 0.6) is 0 Å². The van der Waals surface area contributed by atoms with E-state index in [-0.39, 0.29) is 0 Å². The first-order valence-corrected chi connectivity index (χ1v) is 13.3. The van der Waals surface area contributed by atoms with Gasteiger partial charge in [0.1, 0.15) is 0 Å². The number of nitrogens with two attached hydrogens (primary N) is 1. The van der Waals surface area contributed by atoms with Gasteiger partial charge < -0.3 is 10.7 Å². The van der Waals surface area contributed by atoms with Crippen molar-refractivity contribution >= 4 is 27.8 Å². The summed E-state index contributed by atoms with van der Waals surface area (Å²) in [6.45, 7) is 11.7. The van der Waals surface area contributed by atoms with Crippen molar-refractivity contribution in [1.82, 2.24) is 19.7 Å². The van der Waals surface area contributed by atoms with E-state index in [9.17, 15) is 0 Å². The quantitative estimate of drug-likeness (QED) is 0.640. The molecule has 3 N–H and O–H groups in total. The van der Waals surface area contributed by atoms with Crippen molar-refractivity contribution in [3.63, 3.8) is 0 Å². The van der Waals surface area contributed by atoms with Gasteiger partial charge in [-0.2, -0.15) is 0 Å². The molecule has 2 fully saturated rings. The highest BCUT2D eigenvalue weighted by Gasteiger charge is 2.37. The molecule has 0 amide bonds. The fourth-order valence-electron chi connectivity index (χ4n) is 5.71. The summed E-state index contributed by atoms with van der Waals surface area (Å²) < 4.78 is 0. The maximum atomic E-state index is 6.00. The van der Waals surface area contributed by atoms with Gasteiger partial charge in [-0.3, -0.25) is 19.7 Å². The SMILES string of the molecule is CCCN(CCN1CCN(Cc2ccc3[nH]ccc3c2)CC1)C1CCC2N=C(N)SC2C1. The third-order valence-corrected chi connectivity index (χ3v) is 8.67. The fraction of sp³-hybridized carbons (Fsp3) is 0.640. The monoisotopic (exact) mass is 454 g/mol. The first-order chi connectivity index (χ1) is 15.7. The Balaban J connectivity index is 1.08. The van der Waals surface area contributed by atoms with Crippen molar-refractivity contribution in [2.75, 3.05) is 45.8 Å². The lowest BCUT2D eigenvalue weighted by molar-refractivity contribution is 0.0943. The summed E-state index contributed by atoms with van der Waals surface area (Å²) >= 11 is 1.82. The zero-order valence-corrected chi connectivity index (χ0v) is 20.2. The van der Waals surface area contributed by atoms with E-state index < -0.39 is 0 Å². The highest BCUT2D eigenvalue weighted by molar-refractivity contribution is 8.14. The molecule has 1 aliphatic carbocycles. The molecule has 2 aliphatic heterocycles. The van der Waals surface area contributed by atoms with E-state index in [0.29, 0.717) is 17.3 Å². The van der Waals surface area contributed by atoms with Crippen LogP contribution in [0.15, 0.2) is 35.5 Å². The fourth-order valence-corrected chi connectivity index (χ4v) is 6.89. The highest BCUT2D eigenvalue weighted by Crippen LogP contribution is 2.37. The molecule has 5 rings (SSSR count). The van der Waals surface area contributed by atoms with Crippen LogP contribution in [0.4, 0.5) is 0 Å². The second-order valence-corrected chi connectivity index (χ2v) is 11.0.